The molecular formula is C12H9FN2O3. The first-order chi connectivity index (χ1) is 8.49. The molecule has 0 saturated carbocycles. The van der Waals surface area contributed by atoms with Crippen LogP contribution >= 0.6 is 0 Å². The van der Waals surface area contributed by atoms with Gasteiger partial charge in [0, 0.05) is 23.0 Å². The Bertz CT molecular complexity index is 634. The minimum atomic E-state index is -1.17. The number of benzene rings is 1. The van der Waals surface area contributed by atoms with E-state index in [4.69, 9.17) is 10.8 Å². The molecule has 0 fully saturated rings. The number of aromatic amines is 1. The van der Waals surface area contributed by atoms with E-state index in [1.54, 1.807) is 0 Å². The molecule has 2 rings (SSSR count). The first kappa shape index (κ1) is 11.8. The van der Waals surface area contributed by atoms with Crippen LogP contribution in [0, 0.1) is 5.82 Å². The summed E-state index contributed by atoms with van der Waals surface area (Å²) in [6.45, 7) is 0. The van der Waals surface area contributed by atoms with Gasteiger partial charge >= 0.3 is 5.97 Å². The van der Waals surface area contributed by atoms with Crippen molar-refractivity contribution in [3.8, 4) is 0 Å². The van der Waals surface area contributed by atoms with E-state index in [-0.39, 0.29) is 22.5 Å². The molecule has 0 aliphatic rings. The van der Waals surface area contributed by atoms with E-state index in [9.17, 15) is 14.0 Å². The maximum atomic E-state index is 12.8. The number of aromatic carboxylic acids is 1. The second-order valence-corrected chi connectivity index (χ2v) is 3.67. The molecule has 0 radical (unpaired) electrons. The van der Waals surface area contributed by atoms with Gasteiger partial charge < -0.3 is 15.8 Å². The molecule has 5 nitrogen and oxygen atoms in total. The van der Waals surface area contributed by atoms with Gasteiger partial charge in [0.05, 0.1) is 0 Å². The van der Waals surface area contributed by atoms with Crippen LogP contribution in [0.1, 0.15) is 26.4 Å². The molecular weight excluding hydrogens is 239 g/mol. The predicted octanol–water partition coefficient (Wildman–Crippen LogP) is 1.67. The number of hydrogen-bond acceptors (Lipinski definition) is 3. The molecule has 0 aliphatic heterocycles. The summed E-state index contributed by atoms with van der Waals surface area (Å²) in [6, 6.07) is 4.63. The van der Waals surface area contributed by atoms with E-state index in [2.05, 4.69) is 4.98 Å². The summed E-state index contributed by atoms with van der Waals surface area (Å²) in [6.07, 6.45) is 1.27. The number of carboxylic acid groups (broad SMARTS) is 1. The van der Waals surface area contributed by atoms with E-state index >= 15 is 0 Å². The third-order valence-corrected chi connectivity index (χ3v) is 2.43. The van der Waals surface area contributed by atoms with Gasteiger partial charge in [-0.05, 0) is 24.3 Å². The zero-order valence-corrected chi connectivity index (χ0v) is 9.11. The lowest BCUT2D eigenvalue weighted by molar-refractivity contribution is 0.0691. The molecule has 0 saturated heterocycles. The fraction of sp³-hybridized carbons (Fsp3) is 0. The Morgan fingerprint density at radius 2 is 2.00 bits per heavy atom. The molecule has 2 aromatic rings. The fourth-order valence-corrected chi connectivity index (χ4v) is 1.54. The molecule has 1 aromatic carbocycles. The highest BCUT2D eigenvalue weighted by Crippen LogP contribution is 2.18. The van der Waals surface area contributed by atoms with Crippen molar-refractivity contribution in [3.05, 3.63) is 53.1 Å². The average Bonchev–Trinajstić information content (AvgIpc) is 2.77. The third kappa shape index (κ3) is 2.08. The Hall–Kier alpha value is -2.63. The largest absolute Gasteiger partial charge is 0.477 e. The molecule has 6 heteroatoms. The second kappa shape index (κ2) is 4.33. The minimum Gasteiger partial charge on any atom is -0.477 e. The lowest BCUT2D eigenvalue weighted by Gasteiger charge is -2.02. The predicted molar refractivity (Wildman–Crippen MR) is 62.0 cm³/mol. The number of rotatable bonds is 3. The molecule has 1 aromatic heterocycles. The van der Waals surface area contributed by atoms with Crippen LogP contribution in [0.3, 0.4) is 0 Å². The van der Waals surface area contributed by atoms with Crippen molar-refractivity contribution in [2.24, 2.45) is 0 Å². The first-order valence-electron chi connectivity index (χ1n) is 5.00. The fourth-order valence-electron chi connectivity index (χ4n) is 1.54. The average molecular weight is 248 g/mol. The van der Waals surface area contributed by atoms with Gasteiger partial charge in [0.25, 0.3) is 0 Å². The molecule has 18 heavy (non-hydrogen) atoms. The maximum Gasteiger partial charge on any atom is 0.352 e. The monoisotopic (exact) mass is 248 g/mol. The highest BCUT2D eigenvalue weighted by Gasteiger charge is 2.16. The Balaban J connectivity index is 2.38. The van der Waals surface area contributed by atoms with E-state index in [0.717, 1.165) is 12.1 Å². The van der Waals surface area contributed by atoms with Crippen molar-refractivity contribution in [2.75, 3.05) is 5.73 Å². The van der Waals surface area contributed by atoms with Crippen LogP contribution in [0.4, 0.5) is 10.1 Å². The number of anilines is 1. The van der Waals surface area contributed by atoms with Gasteiger partial charge in [-0.2, -0.15) is 0 Å². The van der Waals surface area contributed by atoms with Gasteiger partial charge in [-0.25, -0.2) is 9.18 Å². The zero-order valence-electron chi connectivity index (χ0n) is 9.11. The molecule has 0 bridgehead atoms. The van der Waals surface area contributed by atoms with Crippen molar-refractivity contribution in [1.82, 2.24) is 4.98 Å². The Kier molecular flexibility index (Phi) is 2.85. The van der Waals surface area contributed by atoms with Crippen LogP contribution in [-0.4, -0.2) is 21.8 Å². The zero-order chi connectivity index (χ0) is 13.3. The highest BCUT2D eigenvalue weighted by molar-refractivity contribution is 6.12. The summed E-state index contributed by atoms with van der Waals surface area (Å²) in [5.74, 6) is -2.17. The molecule has 0 atom stereocenters. The van der Waals surface area contributed by atoms with Crippen LogP contribution in [0.5, 0.6) is 0 Å². The van der Waals surface area contributed by atoms with E-state index in [1.165, 1.54) is 18.3 Å². The lowest BCUT2D eigenvalue weighted by atomic mass is 10.0. The second-order valence-electron chi connectivity index (χ2n) is 3.67. The Morgan fingerprint density at radius 3 is 2.56 bits per heavy atom. The number of nitrogens with one attached hydrogen (secondary N) is 1. The van der Waals surface area contributed by atoms with Crippen LogP contribution < -0.4 is 5.73 Å². The van der Waals surface area contributed by atoms with E-state index in [1.807, 2.05) is 0 Å². The molecule has 0 spiro atoms. The Morgan fingerprint density at radius 1 is 1.28 bits per heavy atom. The maximum absolute atomic E-state index is 12.8. The van der Waals surface area contributed by atoms with Crippen molar-refractivity contribution in [2.45, 2.75) is 0 Å². The number of carboxylic acids is 1. The van der Waals surface area contributed by atoms with E-state index < -0.39 is 17.6 Å². The smallest absolute Gasteiger partial charge is 0.352 e. The van der Waals surface area contributed by atoms with Crippen LogP contribution in [0.25, 0.3) is 0 Å². The van der Waals surface area contributed by atoms with Gasteiger partial charge in [0.1, 0.15) is 11.5 Å². The number of nitrogens with two attached hydrogens (primary N) is 1. The highest BCUT2D eigenvalue weighted by atomic mass is 19.1. The van der Waals surface area contributed by atoms with Gasteiger partial charge in [0.15, 0.2) is 5.78 Å². The SMILES string of the molecule is Nc1cc(F)ccc1C(=O)c1c[nH]c(C(=O)O)c1. The molecule has 92 valence electrons. The van der Waals surface area contributed by atoms with Crippen molar-refractivity contribution >= 4 is 17.4 Å². The number of carbonyl (C=O) groups is 2. The molecule has 0 aliphatic carbocycles. The quantitative estimate of drug-likeness (QED) is 0.568. The van der Waals surface area contributed by atoms with Gasteiger partial charge in [-0.15, -0.1) is 0 Å². The van der Waals surface area contributed by atoms with Crippen LogP contribution in [-0.2, 0) is 0 Å². The normalized spacial score (nSPS) is 10.3. The van der Waals surface area contributed by atoms with Crippen molar-refractivity contribution in [1.29, 1.82) is 0 Å². The van der Waals surface area contributed by atoms with Gasteiger partial charge in [-0.3, -0.25) is 4.79 Å². The summed E-state index contributed by atoms with van der Waals surface area (Å²) in [5.41, 5.74) is 5.74. The number of ketones is 1. The van der Waals surface area contributed by atoms with Crippen LogP contribution in [0.15, 0.2) is 30.5 Å². The third-order valence-electron chi connectivity index (χ3n) is 2.43. The van der Waals surface area contributed by atoms with Crippen molar-refractivity contribution < 1.29 is 19.1 Å². The Labute approximate surface area is 101 Å². The summed E-state index contributed by atoms with van der Waals surface area (Å²) in [7, 11) is 0. The molecule has 0 amide bonds. The minimum absolute atomic E-state index is 0.0121. The molecule has 0 unspecified atom stereocenters. The van der Waals surface area contributed by atoms with Crippen molar-refractivity contribution in [3.63, 3.8) is 0 Å². The summed E-state index contributed by atoms with van der Waals surface area (Å²) < 4.78 is 12.8. The standard InChI is InChI=1S/C12H9FN2O3/c13-7-1-2-8(9(14)4-7)11(16)6-3-10(12(17)18)15-5-6/h1-5,15H,14H2,(H,17,18). The van der Waals surface area contributed by atoms with Crippen LogP contribution in [0.2, 0.25) is 0 Å². The number of H-pyrrole nitrogens is 1. The molecule has 4 N–H and O–H groups in total. The van der Waals surface area contributed by atoms with E-state index in [0.29, 0.717) is 0 Å². The number of nitrogen functional groups attached to an aromatic ring is 1. The summed E-state index contributed by atoms with van der Waals surface area (Å²) >= 11 is 0. The molecule has 1 heterocycles. The number of aromatic nitrogens is 1. The van der Waals surface area contributed by atoms with Gasteiger partial charge in [-0.1, -0.05) is 0 Å². The summed E-state index contributed by atoms with van der Waals surface area (Å²) in [4.78, 5) is 25.1. The number of carbonyl (C=O) groups excluding carboxylic acids is 1. The lowest BCUT2D eigenvalue weighted by Crippen LogP contribution is -2.05. The van der Waals surface area contributed by atoms with Gasteiger partial charge in [0.2, 0.25) is 0 Å². The first-order valence-corrected chi connectivity index (χ1v) is 5.00. The summed E-state index contributed by atoms with van der Waals surface area (Å²) in [5, 5.41) is 8.72. The number of hydrogen-bond donors (Lipinski definition) is 3. The number of halogens is 1. The topological polar surface area (TPSA) is 96.2 Å².